The van der Waals surface area contributed by atoms with Gasteiger partial charge in [0, 0.05) is 21.6 Å². The number of pyridine rings is 1. The van der Waals surface area contributed by atoms with Crippen LogP contribution in [0.3, 0.4) is 0 Å². The van der Waals surface area contributed by atoms with E-state index in [-0.39, 0.29) is 0 Å². The van der Waals surface area contributed by atoms with Crippen molar-refractivity contribution in [2.24, 2.45) is 0 Å². The third kappa shape index (κ3) is 3.95. The molecule has 2 aromatic carbocycles. The Morgan fingerprint density at radius 3 is 2.31 bits per heavy atom. The number of benzene rings is 2. The Morgan fingerprint density at radius 1 is 0.808 bits per heavy atom. The number of aromatic amines is 1. The van der Waals surface area contributed by atoms with E-state index >= 15 is 0 Å². The summed E-state index contributed by atoms with van der Waals surface area (Å²) in [5.74, 6) is 1.53. The standard InChI is InChI=1S/C21H18N4S/c1-15-12-18(26-17-10-6-3-7-11-17)13-20(22-15)23-21-14-19(24-25-21)16-8-4-2-5-9-16/h2-14H,1H3,(H2,22,23,24,25). The van der Waals surface area contributed by atoms with E-state index in [1.165, 1.54) is 4.90 Å². The van der Waals surface area contributed by atoms with Gasteiger partial charge in [0.25, 0.3) is 0 Å². The van der Waals surface area contributed by atoms with Crippen LogP contribution in [0.25, 0.3) is 11.3 Å². The van der Waals surface area contributed by atoms with Crippen LogP contribution in [0.2, 0.25) is 0 Å². The lowest BCUT2D eigenvalue weighted by atomic mass is 10.2. The zero-order valence-electron chi connectivity index (χ0n) is 14.3. The van der Waals surface area contributed by atoms with Crippen molar-refractivity contribution in [3.8, 4) is 11.3 Å². The van der Waals surface area contributed by atoms with Gasteiger partial charge < -0.3 is 5.32 Å². The van der Waals surface area contributed by atoms with Crippen molar-refractivity contribution in [2.75, 3.05) is 5.32 Å². The Labute approximate surface area is 156 Å². The molecule has 0 atom stereocenters. The zero-order valence-corrected chi connectivity index (χ0v) is 15.1. The van der Waals surface area contributed by atoms with Crippen molar-refractivity contribution in [3.05, 3.63) is 84.6 Å². The van der Waals surface area contributed by atoms with E-state index in [9.17, 15) is 0 Å². The van der Waals surface area contributed by atoms with Crippen LogP contribution in [0.1, 0.15) is 5.69 Å². The second kappa shape index (κ2) is 7.45. The van der Waals surface area contributed by atoms with Gasteiger partial charge in [0.15, 0.2) is 5.82 Å². The van der Waals surface area contributed by atoms with Crippen molar-refractivity contribution in [2.45, 2.75) is 16.7 Å². The summed E-state index contributed by atoms with van der Waals surface area (Å²) in [5.41, 5.74) is 3.04. The molecule has 4 nitrogen and oxygen atoms in total. The summed E-state index contributed by atoms with van der Waals surface area (Å²) in [7, 11) is 0. The van der Waals surface area contributed by atoms with Crippen LogP contribution >= 0.6 is 11.8 Å². The highest BCUT2D eigenvalue weighted by Gasteiger charge is 2.07. The van der Waals surface area contributed by atoms with Gasteiger partial charge in [-0.3, -0.25) is 5.10 Å². The van der Waals surface area contributed by atoms with Gasteiger partial charge in [-0.25, -0.2) is 4.98 Å². The minimum absolute atomic E-state index is 0.748. The quantitative estimate of drug-likeness (QED) is 0.482. The molecule has 128 valence electrons. The highest BCUT2D eigenvalue weighted by atomic mass is 32.2. The number of nitrogens with zero attached hydrogens (tertiary/aromatic N) is 2. The van der Waals surface area contributed by atoms with Gasteiger partial charge in [0.05, 0.1) is 5.69 Å². The first kappa shape index (κ1) is 16.4. The molecule has 0 aliphatic carbocycles. The minimum Gasteiger partial charge on any atom is -0.323 e. The topological polar surface area (TPSA) is 53.6 Å². The first-order valence-corrected chi connectivity index (χ1v) is 9.17. The van der Waals surface area contributed by atoms with Crippen molar-refractivity contribution < 1.29 is 0 Å². The fraction of sp³-hybridized carbons (Fsp3) is 0.0476. The van der Waals surface area contributed by atoms with Gasteiger partial charge in [-0.2, -0.15) is 5.10 Å². The molecule has 0 bridgehead atoms. The Hall–Kier alpha value is -3.05. The molecule has 0 spiro atoms. The Bertz CT molecular complexity index is 997. The van der Waals surface area contributed by atoms with Crippen LogP contribution in [0.15, 0.2) is 88.7 Å². The van der Waals surface area contributed by atoms with E-state index in [0.717, 1.165) is 33.5 Å². The largest absolute Gasteiger partial charge is 0.323 e. The molecule has 0 radical (unpaired) electrons. The maximum atomic E-state index is 4.57. The van der Waals surface area contributed by atoms with Gasteiger partial charge in [-0.05, 0) is 36.8 Å². The summed E-state index contributed by atoms with van der Waals surface area (Å²) in [6.45, 7) is 2.00. The summed E-state index contributed by atoms with van der Waals surface area (Å²) in [4.78, 5) is 6.92. The van der Waals surface area contributed by atoms with Gasteiger partial charge in [-0.1, -0.05) is 60.3 Å². The summed E-state index contributed by atoms with van der Waals surface area (Å²) in [6.07, 6.45) is 0. The van der Waals surface area contributed by atoms with Crippen LogP contribution in [0.4, 0.5) is 11.6 Å². The average molecular weight is 358 g/mol. The first-order chi connectivity index (χ1) is 12.8. The second-order valence-corrected chi connectivity index (χ2v) is 7.05. The molecule has 4 rings (SSSR count). The molecule has 0 aliphatic heterocycles. The number of aromatic nitrogens is 3. The maximum Gasteiger partial charge on any atom is 0.153 e. The molecule has 4 aromatic rings. The number of aryl methyl sites for hydroxylation is 1. The van der Waals surface area contributed by atoms with Crippen LogP contribution in [0.5, 0.6) is 0 Å². The molecule has 0 aliphatic rings. The van der Waals surface area contributed by atoms with Crippen LogP contribution in [-0.2, 0) is 0 Å². The summed E-state index contributed by atoms with van der Waals surface area (Å²) in [5, 5.41) is 10.7. The highest BCUT2D eigenvalue weighted by Crippen LogP contribution is 2.30. The van der Waals surface area contributed by atoms with E-state index in [4.69, 9.17) is 0 Å². The van der Waals surface area contributed by atoms with Crippen molar-refractivity contribution >= 4 is 23.4 Å². The summed E-state index contributed by atoms with van der Waals surface area (Å²) < 4.78 is 0. The lowest BCUT2D eigenvalue weighted by molar-refractivity contribution is 1.09. The number of rotatable bonds is 5. The molecule has 26 heavy (non-hydrogen) atoms. The Kier molecular flexibility index (Phi) is 4.71. The molecular formula is C21H18N4S. The maximum absolute atomic E-state index is 4.57. The molecule has 0 saturated carbocycles. The van der Waals surface area contributed by atoms with Crippen LogP contribution in [-0.4, -0.2) is 15.2 Å². The molecular weight excluding hydrogens is 340 g/mol. The predicted molar refractivity (Wildman–Crippen MR) is 107 cm³/mol. The van der Waals surface area contributed by atoms with Crippen molar-refractivity contribution in [3.63, 3.8) is 0 Å². The van der Waals surface area contributed by atoms with Crippen LogP contribution in [0, 0.1) is 6.92 Å². The predicted octanol–water partition coefficient (Wildman–Crippen LogP) is 5.67. The summed E-state index contributed by atoms with van der Waals surface area (Å²) in [6, 6.07) is 26.6. The Morgan fingerprint density at radius 2 is 1.54 bits per heavy atom. The van der Waals surface area contributed by atoms with E-state index in [1.807, 2.05) is 55.5 Å². The fourth-order valence-electron chi connectivity index (χ4n) is 2.67. The molecule has 2 aromatic heterocycles. The van der Waals surface area contributed by atoms with Crippen molar-refractivity contribution in [1.82, 2.24) is 15.2 Å². The van der Waals surface area contributed by atoms with E-state index < -0.39 is 0 Å². The number of anilines is 2. The second-order valence-electron chi connectivity index (χ2n) is 5.90. The van der Waals surface area contributed by atoms with Gasteiger partial charge in [0.1, 0.15) is 5.82 Å². The minimum atomic E-state index is 0.748. The van der Waals surface area contributed by atoms with E-state index in [0.29, 0.717) is 0 Å². The number of hydrogen-bond acceptors (Lipinski definition) is 4. The van der Waals surface area contributed by atoms with Crippen molar-refractivity contribution in [1.29, 1.82) is 0 Å². The highest BCUT2D eigenvalue weighted by molar-refractivity contribution is 7.99. The fourth-order valence-corrected chi connectivity index (χ4v) is 3.63. The average Bonchev–Trinajstić information content (AvgIpc) is 3.11. The third-order valence-electron chi connectivity index (χ3n) is 3.82. The number of hydrogen-bond donors (Lipinski definition) is 2. The third-order valence-corrected chi connectivity index (χ3v) is 4.80. The van der Waals surface area contributed by atoms with E-state index in [1.54, 1.807) is 11.8 Å². The normalized spacial score (nSPS) is 10.7. The Balaban J connectivity index is 1.54. The van der Waals surface area contributed by atoms with Gasteiger partial charge in [-0.15, -0.1) is 0 Å². The molecule has 2 heterocycles. The smallest absolute Gasteiger partial charge is 0.153 e. The number of H-pyrrole nitrogens is 1. The molecule has 2 N–H and O–H groups in total. The molecule has 0 amide bonds. The number of nitrogens with one attached hydrogen (secondary N) is 2. The lowest BCUT2D eigenvalue weighted by Gasteiger charge is -2.07. The zero-order chi connectivity index (χ0) is 17.8. The monoisotopic (exact) mass is 358 g/mol. The van der Waals surface area contributed by atoms with E-state index in [2.05, 4.69) is 50.8 Å². The molecule has 0 fully saturated rings. The van der Waals surface area contributed by atoms with Gasteiger partial charge >= 0.3 is 0 Å². The molecule has 5 heteroatoms. The molecule has 0 unspecified atom stereocenters. The SMILES string of the molecule is Cc1cc(Sc2ccccc2)cc(Nc2cc(-c3ccccc3)[nH]n2)n1. The summed E-state index contributed by atoms with van der Waals surface area (Å²) >= 11 is 1.72. The van der Waals surface area contributed by atoms with Crippen LogP contribution < -0.4 is 5.32 Å². The molecule has 0 saturated heterocycles. The first-order valence-electron chi connectivity index (χ1n) is 8.36. The van der Waals surface area contributed by atoms with Gasteiger partial charge in [0.2, 0.25) is 0 Å². The lowest BCUT2D eigenvalue weighted by Crippen LogP contribution is -1.95.